The minimum Gasteiger partial charge on any atom is -0.507 e. The van der Waals surface area contributed by atoms with Crippen molar-refractivity contribution in [1.29, 1.82) is 0 Å². The summed E-state index contributed by atoms with van der Waals surface area (Å²) in [7, 11) is 0. The van der Waals surface area contributed by atoms with E-state index in [4.69, 9.17) is 11.6 Å². The number of hydrogen-bond donors (Lipinski definition) is 1. The number of aromatic hydroxyl groups is 1. The van der Waals surface area contributed by atoms with Crippen molar-refractivity contribution in [3.63, 3.8) is 0 Å². The number of piperazine rings is 1. The van der Waals surface area contributed by atoms with Crippen LogP contribution in [0.5, 0.6) is 5.75 Å². The summed E-state index contributed by atoms with van der Waals surface area (Å²) in [6, 6.07) is 19.1. The van der Waals surface area contributed by atoms with Crippen molar-refractivity contribution >= 4 is 28.3 Å². The Morgan fingerprint density at radius 2 is 1.63 bits per heavy atom. The molecule has 3 aromatic carbocycles. The molecular weight excluding hydrogens is 360 g/mol. The van der Waals surface area contributed by atoms with Gasteiger partial charge in [0, 0.05) is 37.7 Å². The molecule has 1 aliphatic rings. The largest absolute Gasteiger partial charge is 0.507 e. The molecule has 1 amide bonds. The molecule has 0 saturated carbocycles. The van der Waals surface area contributed by atoms with Crippen LogP contribution >= 0.6 is 11.6 Å². The van der Waals surface area contributed by atoms with E-state index in [1.54, 1.807) is 12.1 Å². The number of carbonyl (C=O) groups is 1. The molecule has 0 spiro atoms. The Hall–Kier alpha value is -2.56. The summed E-state index contributed by atoms with van der Waals surface area (Å²) in [4.78, 5) is 17.0. The first kappa shape index (κ1) is 17.8. The fraction of sp³-hybridized carbons (Fsp3) is 0.227. The lowest BCUT2D eigenvalue weighted by Gasteiger charge is -2.35. The topological polar surface area (TPSA) is 43.8 Å². The van der Waals surface area contributed by atoms with Crippen LogP contribution in [0.15, 0.2) is 60.7 Å². The molecule has 1 heterocycles. The number of halogens is 1. The van der Waals surface area contributed by atoms with Crippen LogP contribution in [0.1, 0.15) is 15.9 Å². The van der Waals surface area contributed by atoms with Gasteiger partial charge in [0.15, 0.2) is 0 Å². The van der Waals surface area contributed by atoms with Crippen molar-refractivity contribution in [3.05, 3.63) is 76.8 Å². The first-order chi connectivity index (χ1) is 13.1. The van der Waals surface area contributed by atoms with Crippen LogP contribution in [0.2, 0.25) is 5.02 Å². The van der Waals surface area contributed by atoms with Crippen LogP contribution in [0.25, 0.3) is 10.8 Å². The van der Waals surface area contributed by atoms with E-state index < -0.39 is 0 Å². The predicted octanol–water partition coefficient (Wildman–Crippen LogP) is 4.16. The fourth-order valence-electron chi connectivity index (χ4n) is 3.57. The highest BCUT2D eigenvalue weighted by molar-refractivity contribution is 6.30. The van der Waals surface area contributed by atoms with E-state index in [2.05, 4.69) is 11.0 Å². The second kappa shape index (κ2) is 7.59. The lowest BCUT2D eigenvalue weighted by molar-refractivity contribution is 0.0626. The molecular formula is C22H21ClN2O2. The second-order valence-corrected chi connectivity index (χ2v) is 7.35. The van der Waals surface area contributed by atoms with Crippen LogP contribution in [-0.4, -0.2) is 47.0 Å². The van der Waals surface area contributed by atoms with Gasteiger partial charge in [0.1, 0.15) is 5.75 Å². The molecule has 27 heavy (non-hydrogen) atoms. The zero-order chi connectivity index (χ0) is 18.8. The van der Waals surface area contributed by atoms with Crippen molar-refractivity contribution in [1.82, 2.24) is 9.80 Å². The molecule has 4 rings (SSSR count). The highest BCUT2D eigenvalue weighted by Gasteiger charge is 2.24. The highest BCUT2D eigenvalue weighted by Crippen LogP contribution is 2.26. The number of fused-ring (bicyclic) bond motifs is 1. The number of phenolic OH excluding ortho intramolecular Hbond substituents is 1. The van der Waals surface area contributed by atoms with Crippen LogP contribution in [0, 0.1) is 0 Å². The third-order valence-electron chi connectivity index (χ3n) is 5.05. The van der Waals surface area contributed by atoms with Gasteiger partial charge in [0.2, 0.25) is 0 Å². The Bertz CT molecular complexity index is 981. The molecule has 0 aliphatic carbocycles. The van der Waals surface area contributed by atoms with Gasteiger partial charge in [0.05, 0.1) is 5.56 Å². The van der Waals surface area contributed by atoms with Crippen LogP contribution in [0.4, 0.5) is 0 Å². The Labute approximate surface area is 163 Å². The van der Waals surface area contributed by atoms with Gasteiger partial charge >= 0.3 is 0 Å². The van der Waals surface area contributed by atoms with E-state index >= 15 is 0 Å². The molecule has 0 bridgehead atoms. The molecule has 0 atom stereocenters. The maximum atomic E-state index is 12.9. The van der Waals surface area contributed by atoms with Crippen molar-refractivity contribution in [2.24, 2.45) is 0 Å². The smallest absolute Gasteiger partial charge is 0.257 e. The molecule has 0 radical (unpaired) electrons. The summed E-state index contributed by atoms with van der Waals surface area (Å²) in [5.74, 6) is -0.0688. The van der Waals surface area contributed by atoms with Crippen molar-refractivity contribution in [2.45, 2.75) is 6.54 Å². The fourth-order valence-corrected chi connectivity index (χ4v) is 3.79. The number of carbonyl (C=O) groups excluding carboxylic acids is 1. The molecule has 1 aliphatic heterocycles. The third-order valence-corrected chi connectivity index (χ3v) is 5.28. The van der Waals surface area contributed by atoms with Gasteiger partial charge in [-0.25, -0.2) is 0 Å². The lowest BCUT2D eigenvalue weighted by atomic mass is 10.0. The molecule has 4 nitrogen and oxygen atoms in total. The Morgan fingerprint density at radius 1 is 0.926 bits per heavy atom. The normalized spacial score (nSPS) is 15.2. The van der Waals surface area contributed by atoms with Gasteiger partial charge in [-0.1, -0.05) is 48.0 Å². The highest BCUT2D eigenvalue weighted by atomic mass is 35.5. The van der Waals surface area contributed by atoms with Crippen LogP contribution < -0.4 is 0 Å². The minimum atomic E-state index is -0.111. The summed E-state index contributed by atoms with van der Waals surface area (Å²) < 4.78 is 0. The van der Waals surface area contributed by atoms with Gasteiger partial charge < -0.3 is 10.0 Å². The number of hydrogen-bond acceptors (Lipinski definition) is 3. The molecule has 1 fully saturated rings. The zero-order valence-electron chi connectivity index (χ0n) is 14.9. The number of nitrogens with zero attached hydrogens (tertiary/aromatic N) is 2. The molecule has 5 heteroatoms. The number of phenols is 1. The van der Waals surface area contributed by atoms with Gasteiger partial charge in [0.25, 0.3) is 5.91 Å². The molecule has 0 unspecified atom stereocenters. The maximum Gasteiger partial charge on any atom is 0.257 e. The zero-order valence-corrected chi connectivity index (χ0v) is 15.7. The average Bonchev–Trinajstić information content (AvgIpc) is 2.67. The maximum absolute atomic E-state index is 12.9. The van der Waals surface area contributed by atoms with Gasteiger partial charge in [-0.05, 0) is 40.6 Å². The van der Waals surface area contributed by atoms with Gasteiger partial charge in [-0.2, -0.15) is 0 Å². The number of amides is 1. The number of benzene rings is 3. The molecule has 138 valence electrons. The minimum absolute atomic E-state index is 0.0417. The van der Waals surface area contributed by atoms with Gasteiger partial charge in [-0.3, -0.25) is 9.69 Å². The lowest BCUT2D eigenvalue weighted by Crippen LogP contribution is -2.48. The summed E-state index contributed by atoms with van der Waals surface area (Å²) in [6.07, 6.45) is 0. The quantitative estimate of drug-likeness (QED) is 0.742. The third kappa shape index (κ3) is 3.92. The van der Waals surface area contributed by atoms with Crippen molar-refractivity contribution < 1.29 is 9.90 Å². The van der Waals surface area contributed by atoms with E-state index in [9.17, 15) is 9.90 Å². The first-order valence-electron chi connectivity index (χ1n) is 9.08. The molecule has 1 saturated heterocycles. The van der Waals surface area contributed by atoms with E-state index in [-0.39, 0.29) is 11.7 Å². The van der Waals surface area contributed by atoms with Gasteiger partial charge in [-0.15, -0.1) is 0 Å². The SMILES string of the molecule is O=C(c1cc2ccccc2cc1O)N1CCN(Cc2cccc(Cl)c2)CC1. The summed E-state index contributed by atoms with van der Waals surface area (Å²) >= 11 is 6.06. The van der Waals surface area contributed by atoms with Crippen molar-refractivity contribution in [3.8, 4) is 5.75 Å². The van der Waals surface area contributed by atoms with Crippen LogP contribution in [-0.2, 0) is 6.54 Å². The molecule has 3 aromatic rings. The number of rotatable bonds is 3. The average molecular weight is 381 g/mol. The Morgan fingerprint density at radius 3 is 2.33 bits per heavy atom. The predicted molar refractivity (Wildman–Crippen MR) is 108 cm³/mol. The molecule has 1 N–H and O–H groups in total. The van der Waals surface area contributed by atoms with Crippen LogP contribution in [0.3, 0.4) is 0 Å². The summed E-state index contributed by atoms with van der Waals surface area (Å²) in [5, 5.41) is 12.9. The first-order valence-corrected chi connectivity index (χ1v) is 9.46. The van der Waals surface area contributed by atoms with E-state index in [1.165, 1.54) is 5.56 Å². The monoisotopic (exact) mass is 380 g/mol. The summed E-state index contributed by atoms with van der Waals surface area (Å²) in [5.41, 5.74) is 1.55. The van der Waals surface area contributed by atoms with E-state index in [1.807, 2.05) is 47.4 Å². The second-order valence-electron chi connectivity index (χ2n) is 6.91. The summed E-state index contributed by atoms with van der Waals surface area (Å²) in [6.45, 7) is 3.71. The molecule has 0 aromatic heterocycles. The Balaban J connectivity index is 1.43. The Kier molecular flexibility index (Phi) is 5.01. The van der Waals surface area contributed by atoms with E-state index in [0.29, 0.717) is 18.7 Å². The van der Waals surface area contributed by atoms with E-state index in [0.717, 1.165) is 35.4 Å². The van der Waals surface area contributed by atoms with Crippen molar-refractivity contribution in [2.75, 3.05) is 26.2 Å². The standard InChI is InChI=1S/C22H21ClN2O2/c23-19-7-3-4-16(12-19)15-24-8-10-25(11-9-24)22(27)20-13-17-5-1-2-6-18(17)14-21(20)26/h1-7,12-14,26H,8-11,15H2.